The standard InChI is InChI=1S/C30H27ClFN3O4S.C7H8O3S/c1-40(36,37)14-3-2-7-24-10-13-28(39-24)21-8-11-27-25(16-21)30(34-19-33-27)35-23-9-12-29(26(31)17-23)38-18-20-5-4-6-22(32)15-20;1-6-2-4-7(5-3-6)11(8,9)10/h4-6,8-13,15-17,19H,2-3,7,14,18H2,1H3,(H,33,34,35);2-5H,1H3,(H,8,9,10). The smallest absolute Gasteiger partial charge is 0.294 e. The summed E-state index contributed by atoms with van der Waals surface area (Å²) in [6, 6.07) is 27.2. The monoisotopic (exact) mass is 751 g/mol. The Hall–Kier alpha value is -4.82. The molecule has 0 bridgehead atoms. The predicted molar refractivity (Wildman–Crippen MR) is 196 cm³/mol. The second kappa shape index (κ2) is 16.5. The molecule has 6 rings (SSSR count). The summed E-state index contributed by atoms with van der Waals surface area (Å²) in [5, 5.41) is 4.51. The number of rotatable bonds is 12. The molecule has 0 unspecified atom stereocenters. The van der Waals surface area contributed by atoms with Crippen LogP contribution < -0.4 is 10.1 Å². The molecule has 51 heavy (non-hydrogen) atoms. The highest BCUT2D eigenvalue weighted by Gasteiger charge is 2.12. The Kier molecular flexibility index (Phi) is 12.1. The highest BCUT2D eigenvalue weighted by molar-refractivity contribution is 7.90. The number of anilines is 2. The molecule has 4 aromatic carbocycles. The Balaban J connectivity index is 0.000000392. The number of aryl methyl sites for hydroxylation is 2. The fraction of sp³-hybridized carbons (Fsp3) is 0.189. The first-order chi connectivity index (χ1) is 24.2. The molecule has 266 valence electrons. The number of benzene rings is 4. The lowest BCUT2D eigenvalue weighted by molar-refractivity contribution is 0.306. The highest BCUT2D eigenvalue weighted by Crippen LogP contribution is 2.33. The Morgan fingerprint density at radius 1 is 0.902 bits per heavy atom. The van der Waals surface area contributed by atoms with Crippen molar-refractivity contribution in [1.29, 1.82) is 0 Å². The van der Waals surface area contributed by atoms with E-state index in [0.717, 1.165) is 34.2 Å². The first-order valence-electron chi connectivity index (χ1n) is 15.7. The third-order valence-electron chi connectivity index (χ3n) is 7.57. The van der Waals surface area contributed by atoms with E-state index in [9.17, 15) is 21.2 Å². The van der Waals surface area contributed by atoms with Gasteiger partial charge in [-0.05, 0) is 98.1 Å². The fourth-order valence-electron chi connectivity index (χ4n) is 4.97. The summed E-state index contributed by atoms with van der Waals surface area (Å²) in [6.45, 7) is 2.03. The molecule has 6 aromatic rings. The van der Waals surface area contributed by atoms with Crippen LogP contribution in [-0.4, -0.2) is 43.4 Å². The lowest BCUT2D eigenvalue weighted by Crippen LogP contribution is -2.02. The van der Waals surface area contributed by atoms with Crippen LogP contribution >= 0.6 is 11.6 Å². The molecule has 0 saturated heterocycles. The Bertz CT molecular complexity index is 2350. The third kappa shape index (κ3) is 11.1. The molecule has 0 spiro atoms. The molecule has 2 heterocycles. The average Bonchev–Trinajstić information content (AvgIpc) is 3.55. The summed E-state index contributed by atoms with van der Waals surface area (Å²) >= 11 is 6.47. The Morgan fingerprint density at radius 2 is 1.69 bits per heavy atom. The summed E-state index contributed by atoms with van der Waals surface area (Å²) in [6.07, 6.45) is 4.74. The molecule has 2 N–H and O–H groups in total. The minimum absolute atomic E-state index is 0.0666. The topological polar surface area (TPSA) is 149 Å². The van der Waals surface area contributed by atoms with Gasteiger partial charge in [-0.1, -0.05) is 41.4 Å². The van der Waals surface area contributed by atoms with Crippen LogP contribution in [0.3, 0.4) is 0 Å². The zero-order valence-corrected chi connectivity index (χ0v) is 30.1. The van der Waals surface area contributed by atoms with E-state index in [-0.39, 0.29) is 23.1 Å². The molecule has 0 aliphatic carbocycles. The number of hydrogen-bond acceptors (Lipinski definition) is 9. The molecule has 10 nitrogen and oxygen atoms in total. The number of ether oxygens (including phenoxy) is 1. The van der Waals surface area contributed by atoms with E-state index in [1.807, 2.05) is 43.3 Å². The number of unbranched alkanes of at least 4 members (excludes halogenated alkanes) is 1. The summed E-state index contributed by atoms with van der Waals surface area (Å²) < 4.78 is 77.5. The zero-order valence-electron chi connectivity index (χ0n) is 27.7. The van der Waals surface area contributed by atoms with Crippen LogP contribution in [0, 0.1) is 12.7 Å². The molecular formula is C37H35ClFN3O7S2. The maximum atomic E-state index is 13.4. The summed E-state index contributed by atoms with van der Waals surface area (Å²) in [7, 11) is -6.98. The van der Waals surface area contributed by atoms with E-state index in [1.54, 1.807) is 36.4 Å². The number of nitrogens with one attached hydrogen (secondary N) is 1. The van der Waals surface area contributed by atoms with Gasteiger partial charge >= 0.3 is 0 Å². The highest BCUT2D eigenvalue weighted by atomic mass is 35.5. The minimum atomic E-state index is -4.02. The summed E-state index contributed by atoms with van der Waals surface area (Å²) in [5.74, 6) is 2.46. The van der Waals surface area contributed by atoms with Crippen molar-refractivity contribution in [3.05, 3.63) is 131 Å². The van der Waals surface area contributed by atoms with Crippen LogP contribution in [0.15, 0.2) is 113 Å². The van der Waals surface area contributed by atoms with Crippen LogP contribution in [0.25, 0.3) is 22.2 Å². The normalized spacial score (nSPS) is 11.5. The number of fused-ring (bicyclic) bond motifs is 1. The minimum Gasteiger partial charge on any atom is -0.487 e. The van der Waals surface area contributed by atoms with Crippen molar-refractivity contribution in [2.24, 2.45) is 0 Å². The van der Waals surface area contributed by atoms with Gasteiger partial charge in [0.15, 0.2) is 0 Å². The van der Waals surface area contributed by atoms with Gasteiger partial charge in [-0.3, -0.25) is 4.55 Å². The largest absolute Gasteiger partial charge is 0.487 e. The molecule has 0 atom stereocenters. The van der Waals surface area contributed by atoms with Gasteiger partial charge in [0.2, 0.25) is 0 Å². The number of halogens is 2. The Morgan fingerprint density at radius 3 is 2.39 bits per heavy atom. The molecule has 0 saturated carbocycles. The van der Waals surface area contributed by atoms with Crippen LogP contribution in [0.2, 0.25) is 5.02 Å². The lowest BCUT2D eigenvalue weighted by Gasteiger charge is -2.12. The van der Waals surface area contributed by atoms with E-state index in [2.05, 4.69) is 15.3 Å². The Labute approximate surface area is 301 Å². The second-order valence-corrected chi connectivity index (χ2v) is 15.9. The molecule has 0 aliphatic rings. The van der Waals surface area contributed by atoms with Crippen molar-refractivity contribution < 1.29 is 34.9 Å². The third-order valence-corrected chi connectivity index (χ3v) is 9.76. The van der Waals surface area contributed by atoms with Gasteiger partial charge in [0, 0.05) is 35.1 Å². The van der Waals surface area contributed by atoms with Crippen LogP contribution in [0.1, 0.15) is 29.7 Å². The van der Waals surface area contributed by atoms with Gasteiger partial charge in [-0.25, -0.2) is 22.8 Å². The fourth-order valence-corrected chi connectivity index (χ4v) is 6.41. The van der Waals surface area contributed by atoms with E-state index in [0.29, 0.717) is 46.4 Å². The van der Waals surface area contributed by atoms with Gasteiger partial charge < -0.3 is 14.5 Å². The van der Waals surface area contributed by atoms with Crippen molar-refractivity contribution in [2.45, 2.75) is 37.7 Å². The summed E-state index contributed by atoms with van der Waals surface area (Å²) in [5.41, 5.74) is 4.00. The van der Waals surface area contributed by atoms with E-state index >= 15 is 0 Å². The second-order valence-electron chi connectivity index (χ2n) is 11.8. The van der Waals surface area contributed by atoms with Gasteiger partial charge in [0.25, 0.3) is 10.1 Å². The number of sulfone groups is 1. The maximum absolute atomic E-state index is 13.4. The van der Waals surface area contributed by atoms with Crippen molar-refractivity contribution in [1.82, 2.24) is 9.97 Å². The predicted octanol–water partition coefficient (Wildman–Crippen LogP) is 8.61. The molecular weight excluding hydrogens is 717 g/mol. The lowest BCUT2D eigenvalue weighted by atomic mass is 10.1. The van der Waals surface area contributed by atoms with Gasteiger partial charge in [0.05, 0.1) is 15.4 Å². The van der Waals surface area contributed by atoms with Crippen molar-refractivity contribution >= 4 is 54.0 Å². The number of nitrogens with zero attached hydrogens (tertiary/aromatic N) is 2. The van der Waals surface area contributed by atoms with Crippen molar-refractivity contribution in [2.75, 3.05) is 17.3 Å². The molecule has 14 heteroatoms. The van der Waals surface area contributed by atoms with Crippen molar-refractivity contribution in [3.63, 3.8) is 0 Å². The van der Waals surface area contributed by atoms with E-state index < -0.39 is 20.0 Å². The molecule has 0 radical (unpaired) electrons. The van der Waals surface area contributed by atoms with Crippen molar-refractivity contribution in [3.8, 4) is 17.1 Å². The number of hydrogen-bond donors (Lipinski definition) is 2. The van der Waals surface area contributed by atoms with E-state index in [4.69, 9.17) is 25.3 Å². The summed E-state index contributed by atoms with van der Waals surface area (Å²) in [4.78, 5) is 8.75. The SMILES string of the molecule is CS(=O)(=O)CCCCc1ccc(-c2ccc3ncnc(Nc4ccc(OCc5cccc(F)c5)c(Cl)c4)c3c2)o1.Cc1ccc(S(=O)(=O)O)cc1. The molecule has 0 fully saturated rings. The van der Waals surface area contributed by atoms with Crippen LogP contribution in [0.4, 0.5) is 15.9 Å². The number of aromatic nitrogens is 2. The van der Waals surface area contributed by atoms with Gasteiger partial charge in [-0.2, -0.15) is 8.42 Å². The quantitative estimate of drug-likeness (QED) is 0.0920. The molecule has 0 aliphatic heterocycles. The van der Waals surface area contributed by atoms with E-state index in [1.165, 1.54) is 36.8 Å². The zero-order chi connectivity index (χ0) is 36.6. The first-order valence-corrected chi connectivity index (χ1v) is 19.6. The van der Waals surface area contributed by atoms with Crippen LogP contribution in [0.5, 0.6) is 5.75 Å². The first kappa shape index (κ1) is 37.4. The number of furan rings is 1. The molecule has 0 amide bonds. The van der Waals surface area contributed by atoms with Gasteiger partial charge in [0.1, 0.15) is 51.7 Å². The molecule has 2 aromatic heterocycles. The van der Waals surface area contributed by atoms with Gasteiger partial charge in [-0.15, -0.1) is 0 Å². The average molecular weight is 752 g/mol. The maximum Gasteiger partial charge on any atom is 0.294 e. The van der Waals surface area contributed by atoms with Crippen LogP contribution in [-0.2, 0) is 33.0 Å².